The molecule has 0 bridgehead atoms. The SMILES string of the molecule is COCOc1cc(O)c2c(SC(F)(F)F)c(F)ccc2c1. The van der Waals surface area contributed by atoms with Crippen LogP contribution in [0.4, 0.5) is 17.6 Å². The van der Waals surface area contributed by atoms with Gasteiger partial charge < -0.3 is 14.6 Å². The van der Waals surface area contributed by atoms with Crippen molar-refractivity contribution in [2.45, 2.75) is 10.4 Å². The van der Waals surface area contributed by atoms with Crippen molar-refractivity contribution < 1.29 is 32.1 Å². The van der Waals surface area contributed by atoms with Gasteiger partial charge in [-0.25, -0.2) is 4.39 Å². The number of phenols is 1. The molecule has 2 rings (SSSR count). The minimum Gasteiger partial charge on any atom is -0.507 e. The van der Waals surface area contributed by atoms with Crippen LogP contribution in [0.2, 0.25) is 0 Å². The first-order valence-corrected chi connectivity index (χ1v) is 6.46. The zero-order valence-electron chi connectivity index (χ0n) is 10.7. The Morgan fingerprint density at radius 2 is 1.95 bits per heavy atom. The number of methoxy groups -OCH3 is 1. The largest absolute Gasteiger partial charge is 0.507 e. The minimum absolute atomic E-state index is 0.0870. The molecule has 0 aromatic heterocycles. The van der Waals surface area contributed by atoms with E-state index in [0.717, 1.165) is 12.1 Å². The summed E-state index contributed by atoms with van der Waals surface area (Å²) < 4.78 is 61.0. The van der Waals surface area contributed by atoms with E-state index in [0.29, 0.717) is 0 Å². The van der Waals surface area contributed by atoms with Gasteiger partial charge in [-0.3, -0.25) is 0 Å². The first kappa shape index (κ1) is 15.7. The summed E-state index contributed by atoms with van der Waals surface area (Å²) in [6.45, 7) is -0.0870. The summed E-state index contributed by atoms with van der Waals surface area (Å²) in [4.78, 5) is -0.671. The van der Waals surface area contributed by atoms with E-state index in [1.165, 1.54) is 19.2 Å². The first-order chi connectivity index (χ1) is 9.81. The third kappa shape index (κ3) is 3.70. The zero-order valence-corrected chi connectivity index (χ0v) is 11.5. The zero-order chi connectivity index (χ0) is 15.6. The molecule has 8 heteroatoms. The molecule has 0 spiro atoms. The molecule has 0 aliphatic carbocycles. The Balaban J connectivity index is 2.56. The van der Waals surface area contributed by atoms with Crippen molar-refractivity contribution in [3.63, 3.8) is 0 Å². The average Bonchev–Trinajstić information content (AvgIpc) is 2.38. The highest BCUT2D eigenvalue weighted by Crippen LogP contribution is 2.45. The van der Waals surface area contributed by atoms with Gasteiger partial charge in [-0.1, -0.05) is 6.07 Å². The van der Waals surface area contributed by atoms with E-state index in [-0.39, 0.29) is 23.3 Å². The number of rotatable bonds is 4. The molecular weight excluding hydrogens is 312 g/mol. The molecule has 0 aliphatic heterocycles. The third-order valence-corrected chi connectivity index (χ3v) is 3.37. The Morgan fingerprint density at radius 1 is 1.24 bits per heavy atom. The van der Waals surface area contributed by atoms with Gasteiger partial charge in [-0.05, 0) is 29.3 Å². The molecule has 0 saturated carbocycles. The minimum atomic E-state index is -4.66. The molecule has 0 fully saturated rings. The van der Waals surface area contributed by atoms with Crippen molar-refractivity contribution >= 4 is 22.5 Å². The summed E-state index contributed by atoms with van der Waals surface area (Å²) in [5, 5.41) is 9.91. The van der Waals surface area contributed by atoms with Crippen LogP contribution < -0.4 is 4.74 Å². The molecular formula is C13H10F4O3S. The van der Waals surface area contributed by atoms with E-state index in [1.807, 2.05) is 0 Å². The number of phenolic OH excluding ortho intramolecular Hbond substituents is 1. The first-order valence-electron chi connectivity index (χ1n) is 5.64. The fraction of sp³-hybridized carbons (Fsp3) is 0.231. The third-order valence-electron chi connectivity index (χ3n) is 2.54. The second-order valence-electron chi connectivity index (χ2n) is 4.02. The number of fused-ring (bicyclic) bond motifs is 1. The number of hydrogen-bond donors (Lipinski definition) is 1. The molecule has 2 aromatic carbocycles. The molecule has 1 N–H and O–H groups in total. The fourth-order valence-electron chi connectivity index (χ4n) is 1.78. The molecule has 0 heterocycles. The maximum atomic E-state index is 13.6. The standard InChI is InChI=1S/C13H10F4O3S/c1-19-6-20-8-4-7-2-3-9(14)12(21-13(15,16)17)11(7)10(18)5-8/h2-5,18H,6H2,1H3. The topological polar surface area (TPSA) is 38.7 Å². The van der Waals surface area contributed by atoms with Crippen LogP contribution in [-0.2, 0) is 4.74 Å². The summed E-state index contributed by atoms with van der Waals surface area (Å²) in [6.07, 6.45) is 0. The predicted molar refractivity (Wildman–Crippen MR) is 70.0 cm³/mol. The Bertz CT molecular complexity index is 658. The average molecular weight is 322 g/mol. The lowest BCUT2D eigenvalue weighted by atomic mass is 10.1. The van der Waals surface area contributed by atoms with Gasteiger partial charge in [-0.15, -0.1) is 0 Å². The molecule has 0 saturated heterocycles. The predicted octanol–water partition coefficient (Wildman–Crippen LogP) is 4.28. The summed E-state index contributed by atoms with van der Waals surface area (Å²) >= 11 is -0.606. The van der Waals surface area contributed by atoms with E-state index in [1.54, 1.807) is 0 Å². The lowest BCUT2D eigenvalue weighted by Gasteiger charge is -2.13. The number of alkyl halides is 3. The number of benzene rings is 2. The van der Waals surface area contributed by atoms with Crippen LogP contribution in [0.1, 0.15) is 0 Å². The van der Waals surface area contributed by atoms with Crippen LogP contribution in [-0.4, -0.2) is 24.5 Å². The highest BCUT2D eigenvalue weighted by molar-refractivity contribution is 8.00. The maximum Gasteiger partial charge on any atom is 0.446 e. The van der Waals surface area contributed by atoms with Gasteiger partial charge in [-0.2, -0.15) is 13.2 Å². The van der Waals surface area contributed by atoms with Gasteiger partial charge in [0.25, 0.3) is 0 Å². The Morgan fingerprint density at radius 3 is 2.57 bits per heavy atom. The van der Waals surface area contributed by atoms with E-state index < -0.39 is 33.7 Å². The molecule has 2 aromatic rings. The number of thioether (sulfide) groups is 1. The Kier molecular flexibility index (Phi) is 4.48. The van der Waals surface area contributed by atoms with Crippen molar-refractivity contribution in [1.82, 2.24) is 0 Å². The summed E-state index contributed by atoms with van der Waals surface area (Å²) in [6, 6.07) is 4.69. The molecule has 0 aliphatic rings. The lowest BCUT2D eigenvalue weighted by Crippen LogP contribution is -2.02. The fourth-order valence-corrected chi connectivity index (χ4v) is 2.51. The molecule has 0 amide bonds. The van der Waals surface area contributed by atoms with Crippen molar-refractivity contribution in [2.24, 2.45) is 0 Å². The second-order valence-corrected chi connectivity index (χ2v) is 5.09. The summed E-state index contributed by atoms with van der Waals surface area (Å²) in [7, 11) is 1.40. The molecule has 114 valence electrons. The monoisotopic (exact) mass is 322 g/mol. The van der Waals surface area contributed by atoms with Crippen molar-refractivity contribution in [3.8, 4) is 11.5 Å². The highest BCUT2D eigenvalue weighted by atomic mass is 32.2. The number of halogens is 4. The van der Waals surface area contributed by atoms with Gasteiger partial charge >= 0.3 is 5.51 Å². The molecule has 0 unspecified atom stereocenters. The number of ether oxygens (including phenoxy) is 2. The summed E-state index contributed by atoms with van der Waals surface area (Å²) in [5.74, 6) is -1.34. The van der Waals surface area contributed by atoms with Gasteiger partial charge in [0.2, 0.25) is 0 Å². The van der Waals surface area contributed by atoms with Crippen LogP contribution in [0.5, 0.6) is 11.5 Å². The van der Waals surface area contributed by atoms with Gasteiger partial charge in [0.05, 0.1) is 4.90 Å². The number of hydrogen-bond acceptors (Lipinski definition) is 4. The van der Waals surface area contributed by atoms with Gasteiger partial charge in [0.1, 0.15) is 17.3 Å². The van der Waals surface area contributed by atoms with Crippen LogP contribution in [0.3, 0.4) is 0 Å². The van der Waals surface area contributed by atoms with Crippen LogP contribution in [0, 0.1) is 5.82 Å². The smallest absolute Gasteiger partial charge is 0.446 e. The quantitative estimate of drug-likeness (QED) is 0.518. The van der Waals surface area contributed by atoms with Crippen LogP contribution in [0.15, 0.2) is 29.2 Å². The van der Waals surface area contributed by atoms with Gasteiger partial charge in [0, 0.05) is 18.6 Å². The second kappa shape index (κ2) is 5.98. The number of aromatic hydroxyl groups is 1. The summed E-state index contributed by atoms with van der Waals surface area (Å²) in [5.41, 5.74) is -4.66. The molecule has 3 nitrogen and oxygen atoms in total. The van der Waals surface area contributed by atoms with Crippen LogP contribution in [0.25, 0.3) is 10.8 Å². The van der Waals surface area contributed by atoms with Crippen molar-refractivity contribution in [1.29, 1.82) is 0 Å². The van der Waals surface area contributed by atoms with E-state index in [4.69, 9.17) is 4.74 Å². The molecule has 0 radical (unpaired) electrons. The highest BCUT2D eigenvalue weighted by Gasteiger charge is 2.32. The maximum absolute atomic E-state index is 13.6. The molecule has 21 heavy (non-hydrogen) atoms. The molecule has 0 atom stereocenters. The van der Waals surface area contributed by atoms with Crippen molar-refractivity contribution in [3.05, 3.63) is 30.1 Å². The van der Waals surface area contributed by atoms with Crippen molar-refractivity contribution in [2.75, 3.05) is 13.9 Å². The normalized spacial score (nSPS) is 11.9. The lowest BCUT2D eigenvalue weighted by molar-refractivity contribution is -0.0328. The Hall–Kier alpha value is -1.67. The van der Waals surface area contributed by atoms with Gasteiger partial charge in [0.15, 0.2) is 6.79 Å². The Labute approximate surface area is 121 Å². The van der Waals surface area contributed by atoms with E-state index in [9.17, 15) is 22.7 Å². The van der Waals surface area contributed by atoms with Crippen LogP contribution >= 0.6 is 11.8 Å². The van der Waals surface area contributed by atoms with E-state index in [2.05, 4.69) is 4.74 Å². The van der Waals surface area contributed by atoms with E-state index >= 15 is 0 Å².